The van der Waals surface area contributed by atoms with E-state index < -0.39 is 17.0 Å². The fourth-order valence-corrected chi connectivity index (χ4v) is 4.38. The van der Waals surface area contributed by atoms with Gasteiger partial charge in [-0.1, -0.05) is 5.16 Å². The first-order chi connectivity index (χ1) is 13.8. The van der Waals surface area contributed by atoms with Crippen LogP contribution in [0, 0.1) is 0 Å². The Morgan fingerprint density at radius 1 is 1.31 bits per heavy atom. The predicted molar refractivity (Wildman–Crippen MR) is 96.2 cm³/mol. The van der Waals surface area contributed by atoms with Crippen LogP contribution in [-0.4, -0.2) is 37.3 Å². The molecule has 7 nitrogen and oxygen atoms in total. The van der Waals surface area contributed by atoms with Crippen LogP contribution in [0.25, 0.3) is 11.6 Å². The lowest BCUT2D eigenvalue weighted by Gasteiger charge is -2.27. The Balaban J connectivity index is 1.42. The quantitative estimate of drug-likeness (QED) is 0.643. The second kappa shape index (κ2) is 6.41. The lowest BCUT2D eigenvalue weighted by molar-refractivity contribution is -0.134. The summed E-state index contributed by atoms with van der Waals surface area (Å²) in [5.74, 6) is 0.900. The third kappa shape index (κ3) is 3.22. The van der Waals surface area contributed by atoms with Crippen LogP contribution in [0.1, 0.15) is 50.4 Å². The molecule has 5 rings (SSSR count). The number of hydrogen-bond acceptors (Lipinski definition) is 6. The Bertz CT molecular complexity index is 1100. The molecule has 11 heteroatoms. The van der Waals surface area contributed by atoms with E-state index in [2.05, 4.69) is 15.2 Å². The van der Waals surface area contributed by atoms with E-state index >= 15 is 0 Å². The van der Waals surface area contributed by atoms with Gasteiger partial charge in [-0.25, -0.2) is 0 Å². The van der Waals surface area contributed by atoms with Crippen LogP contribution < -0.4 is 0 Å². The Morgan fingerprint density at radius 2 is 2.10 bits per heavy atom. The van der Waals surface area contributed by atoms with Crippen molar-refractivity contribution in [3.8, 4) is 11.6 Å². The molecule has 0 radical (unpaired) electrons. The highest BCUT2D eigenvalue weighted by Gasteiger charge is 2.35. The molecule has 29 heavy (non-hydrogen) atoms. The number of alkyl halides is 3. The third-order valence-corrected chi connectivity index (χ3v) is 6.33. The first-order valence-electron chi connectivity index (χ1n) is 9.16. The lowest BCUT2D eigenvalue weighted by atomic mass is 10.0. The highest BCUT2D eigenvalue weighted by Crippen LogP contribution is 2.40. The summed E-state index contributed by atoms with van der Waals surface area (Å²) in [5, 5.41) is 8.51. The number of amides is 1. The number of halogens is 3. The molecule has 0 bridgehead atoms. The molecule has 1 fully saturated rings. The minimum absolute atomic E-state index is 0.0695. The maximum atomic E-state index is 12.9. The number of fused-ring (bicyclic) bond motifs is 1. The van der Waals surface area contributed by atoms with Gasteiger partial charge in [-0.05, 0) is 25.0 Å². The van der Waals surface area contributed by atoms with E-state index in [0.29, 0.717) is 47.6 Å². The summed E-state index contributed by atoms with van der Waals surface area (Å²) in [7, 11) is 1.81. The van der Waals surface area contributed by atoms with Gasteiger partial charge in [0.25, 0.3) is 11.8 Å². The van der Waals surface area contributed by atoms with Gasteiger partial charge in [-0.15, -0.1) is 11.3 Å². The topological polar surface area (TPSA) is 77.1 Å². The Labute approximate surface area is 167 Å². The van der Waals surface area contributed by atoms with E-state index in [1.165, 1.54) is 11.0 Å². The van der Waals surface area contributed by atoms with Crippen LogP contribution in [0.2, 0.25) is 0 Å². The Morgan fingerprint density at radius 3 is 2.79 bits per heavy atom. The monoisotopic (exact) mass is 423 g/mol. The number of carbonyl (C=O) groups excluding carboxylic acids is 1. The normalized spacial score (nSPS) is 16.9. The van der Waals surface area contributed by atoms with Crippen LogP contribution in [0.5, 0.6) is 0 Å². The van der Waals surface area contributed by atoms with Crippen molar-refractivity contribution < 1.29 is 22.5 Å². The van der Waals surface area contributed by atoms with Crippen molar-refractivity contribution in [1.82, 2.24) is 24.8 Å². The molecular weight excluding hydrogens is 407 g/mol. The summed E-state index contributed by atoms with van der Waals surface area (Å²) in [6.07, 6.45) is -1.82. The van der Waals surface area contributed by atoms with Crippen molar-refractivity contribution in [3.63, 3.8) is 0 Å². The van der Waals surface area contributed by atoms with Gasteiger partial charge in [0.2, 0.25) is 0 Å². The first-order valence-corrected chi connectivity index (χ1v) is 9.98. The molecular formula is C18H16F3N5O2S. The van der Waals surface area contributed by atoms with Gasteiger partial charge >= 0.3 is 6.18 Å². The standard InChI is InChI=1S/C18H16F3N5O2S/c1-25-11-6-7-26(17(27)12-4-5-13(29-12)18(19,20)21)8-10(11)14(23-25)16-22-15(24-28-16)9-2-3-9/h4-5,9H,2-3,6-8H2,1H3. The average molecular weight is 423 g/mol. The SMILES string of the molecule is Cn1nc(-c2nc(C3CC3)no2)c2c1CCN(C(=O)c1ccc(C(F)(F)F)s1)C2. The fraction of sp³-hybridized carbons (Fsp3) is 0.444. The molecule has 3 aromatic heterocycles. The molecule has 2 aliphatic rings. The van der Waals surface area contributed by atoms with Gasteiger partial charge < -0.3 is 9.42 Å². The van der Waals surface area contributed by atoms with Crippen molar-refractivity contribution in [2.45, 2.75) is 37.9 Å². The number of hydrogen-bond donors (Lipinski definition) is 0. The molecule has 3 aromatic rings. The number of rotatable bonds is 3. The molecule has 1 saturated carbocycles. The van der Waals surface area contributed by atoms with Crippen LogP contribution in [0.4, 0.5) is 13.2 Å². The van der Waals surface area contributed by atoms with E-state index in [1.54, 1.807) is 4.68 Å². The third-order valence-electron chi connectivity index (χ3n) is 5.21. The van der Waals surface area contributed by atoms with Crippen molar-refractivity contribution in [1.29, 1.82) is 0 Å². The highest BCUT2D eigenvalue weighted by atomic mass is 32.1. The molecule has 0 unspecified atom stereocenters. The molecule has 0 aromatic carbocycles. The van der Waals surface area contributed by atoms with Gasteiger partial charge in [-0.3, -0.25) is 9.48 Å². The van der Waals surface area contributed by atoms with Crippen molar-refractivity contribution in [2.75, 3.05) is 6.54 Å². The summed E-state index contributed by atoms with van der Waals surface area (Å²) in [4.78, 5) is 18.1. The number of aromatic nitrogens is 4. The van der Waals surface area contributed by atoms with Crippen LogP contribution in [-0.2, 0) is 26.2 Å². The molecule has 1 amide bonds. The number of thiophene rings is 1. The first kappa shape index (κ1) is 18.3. The molecule has 0 saturated heterocycles. The molecule has 0 atom stereocenters. The average Bonchev–Trinajstić information content (AvgIpc) is 3.09. The zero-order valence-electron chi connectivity index (χ0n) is 15.4. The second-order valence-electron chi connectivity index (χ2n) is 7.27. The molecule has 1 aliphatic heterocycles. The smallest absolute Gasteiger partial charge is 0.333 e. The Hall–Kier alpha value is -2.69. The van der Waals surface area contributed by atoms with Gasteiger partial charge in [-0.2, -0.15) is 23.3 Å². The van der Waals surface area contributed by atoms with Gasteiger partial charge in [0.15, 0.2) is 11.5 Å². The summed E-state index contributed by atoms with van der Waals surface area (Å²) in [6, 6.07) is 2.18. The van der Waals surface area contributed by atoms with E-state index in [-0.39, 0.29) is 11.4 Å². The number of carbonyl (C=O) groups is 1. The highest BCUT2D eigenvalue weighted by molar-refractivity contribution is 7.14. The maximum absolute atomic E-state index is 12.9. The summed E-state index contributed by atoms with van der Waals surface area (Å²) >= 11 is 0.464. The largest absolute Gasteiger partial charge is 0.425 e. The van der Waals surface area contributed by atoms with Crippen LogP contribution in [0.3, 0.4) is 0 Å². The van der Waals surface area contributed by atoms with Crippen molar-refractivity contribution in [3.05, 3.63) is 39.0 Å². The van der Waals surface area contributed by atoms with Gasteiger partial charge in [0, 0.05) is 37.2 Å². The minimum atomic E-state index is -4.45. The van der Waals surface area contributed by atoms with Crippen molar-refractivity contribution >= 4 is 17.2 Å². The lowest BCUT2D eigenvalue weighted by Crippen LogP contribution is -2.36. The van der Waals surface area contributed by atoms with E-state index in [0.717, 1.165) is 30.2 Å². The van der Waals surface area contributed by atoms with E-state index in [1.807, 2.05) is 7.05 Å². The predicted octanol–water partition coefficient (Wildman–Crippen LogP) is 3.63. The van der Waals surface area contributed by atoms with Crippen molar-refractivity contribution in [2.24, 2.45) is 7.05 Å². The molecule has 1 aliphatic carbocycles. The summed E-state index contributed by atoms with van der Waals surface area (Å²) < 4.78 is 45.7. The number of nitrogens with zero attached hydrogens (tertiary/aromatic N) is 5. The molecule has 0 spiro atoms. The number of aryl methyl sites for hydroxylation is 1. The zero-order valence-corrected chi connectivity index (χ0v) is 16.2. The second-order valence-corrected chi connectivity index (χ2v) is 8.35. The summed E-state index contributed by atoms with van der Waals surface area (Å²) in [5.41, 5.74) is 2.28. The molecule has 4 heterocycles. The summed E-state index contributed by atoms with van der Waals surface area (Å²) in [6.45, 7) is 0.638. The van der Waals surface area contributed by atoms with Gasteiger partial charge in [0.1, 0.15) is 4.88 Å². The maximum Gasteiger partial charge on any atom is 0.425 e. The Kier molecular flexibility index (Phi) is 4.05. The minimum Gasteiger partial charge on any atom is -0.333 e. The fourth-order valence-electron chi connectivity index (χ4n) is 3.54. The molecule has 0 N–H and O–H groups in total. The van der Waals surface area contributed by atoms with E-state index in [4.69, 9.17) is 4.52 Å². The van der Waals surface area contributed by atoms with Crippen LogP contribution >= 0.6 is 11.3 Å². The zero-order chi connectivity index (χ0) is 20.3. The molecule has 152 valence electrons. The van der Waals surface area contributed by atoms with E-state index in [9.17, 15) is 18.0 Å². The van der Waals surface area contributed by atoms with Crippen LogP contribution in [0.15, 0.2) is 16.7 Å². The van der Waals surface area contributed by atoms with Gasteiger partial charge in [0.05, 0.1) is 11.4 Å².